The fourth-order valence-corrected chi connectivity index (χ4v) is 3.72. The largest absolute Gasteiger partial charge is 0.351 e. The SMILES string of the molecule is CC(C)c1ccc(-n2cnnc2SCC(=O)NCc2cc(F)ccc2Br)cc1. The maximum atomic E-state index is 13.3. The second kappa shape index (κ2) is 9.34. The van der Waals surface area contributed by atoms with Gasteiger partial charge in [-0.05, 0) is 47.4 Å². The Morgan fingerprint density at radius 1 is 1.25 bits per heavy atom. The molecule has 0 unspecified atom stereocenters. The molecular weight excluding hydrogens is 443 g/mol. The van der Waals surface area contributed by atoms with Gasteiger partial charge in [-0.15, -0.1) is 10.2 Å². The van der Waals surface area contributed by atoms with Gasteiger partial charge in [-0.3, -0.25) is 9.36 Å². The van der Waals surface area contributed by atoms with E-state index >= 15 is 0 Å². The molecule has 0 atom stereocenters. The van der Waals surface area contributed by atoms with Gasteiger partial charge in [0.05, 0.1) is 5.75 Å². The van der Waals surface area contributed by atoms with Gasteiger partial charge in [0.15, 0.2) is 5.16 Å². The van der Waals surface area contributed by atoms with Crippen molar-refractivity contribution in [3.8, 4) is 5.69 Å². The van der Waals surface area contributed by atoms with Crippen LogP contribution in [0.2, 0.25) is 0 Å². The number of aromatic nitrogens is 3. The minimum absolute atomic E-state index is 0.161. The van der Waals surface area contributed by atoms with Gasteiger partial charge in [-0.25, -0.2) is 4.39 Å². The number of benzene rings is 2. The van der Waals surface area contributed by atoms with Crippen molar-refractivity contribution in [2.75, 3.05) is 5.75 Å². The van der Waals surface area contributed by atoms with Crippen LogP contribution in [-0.4, -0.2) is 26.4 Å². The van der Waals surface area contributed by atoms with Gasteiger partial charge < -0.3 is 5.32 Å². The second-order valence-electron chi connectivity index (χ2n) is 6.53. The van der Waals surface area contributed by atoms with Crippen molar-refractivity contribution in [1.82, 2.24) is 20.1 Å². The first kappa shape index (κ1) is 20.5. The first-order valence-corrected chi connectivity index (χ1v) is 10.6. The van der Waals surface area contributed by atoms with Crippen LogP contribution < -0.4 is 5.32 Å². The van der Waals surface area contributed by atoms with Crippen LogP contribution in [0.1, 0.15) is 30.9 Å². The van der Waals surface area contributed by atoms with Gasteiger partial charge in [-0.2, -0.15) is 0 Å². The lowest BCUT2D eigenvalue weighted by atomic mass is 10.0. The van der Waals surface area contributed by atoms with E-state index in [2.05, 4.69) is 57.4 Å². The molecule has 3 rings (SSSR count). The zero-order chi connectivity index (χ0) is 20.1. The van der Waals surface area contributed by atoms with Crippen molar-refractivity contribution in [2.45, 2.75) is 31.5 Å². The van der Waals surface area contributed by atoms with Crippen molar-refractivity contribution in [1.29, 1.82) is 0 Å². The lowest BCUT2D eigenvalue weighted by Gasteiger charge is -2.10. The molecule has 8 heteroatoms. The molecular formula is C20H20BrFN4OS. The highest BCUT2D eigenvalue weighted by Crippen LogP contribution is 2.22. The first-order valence-electron chi connectivity index (χ1n) is 8.78. The third kappa shape index (κ3) is 5.20. The van der Waals surface area contributed by atoms with Gasteiger partial charge in [-0.1, -0.05) is 53.7 Å². The Morgan fingerprint density at radius 3 is 2.71 bits per heavy atom. The van der Waals surface area contributed by atoms with Crippen molar-refractivity contribution < 1.29 is 9.18 Å². The Morgan fingerprint density at radius 2 is 2.00 bits per heavy atom. The molecule has 0 aliphatic rings. The normalized spacial score (nSPS) is 11.0. The monoisotopic (exact) mass is 462 g/mol. The van der Waals surface area contributed by atoms with Gasteiger partial charge in [0.25, 0.3) is 0 Å². The molecule has 0 bridgehead atoms. The number of halogens is 2. The van der Waals surface area contributed by atoms with E-state index in [9.17, 15) is 9.18 Å². The molecule has 0 fully saturated rings. The summed E-state index contributed by atoms with van der Waals surface area (Å²) in [5.74, 6) is 0.158. The molecule has 0 saturated carbocycles. The molecule has 28 heavy (non-hydrogen) atoms. The Balaban J connectivity index is 1.58. The molecule has 2 aromatic carbocycles. The Labute approximate surface area is 175 Å². The molecule has 5 nitrogen and oxygen atoms in total. The maximum Gasteiger partial charge on any atom is 0.230 e. The van der Waals surface area contributed by atoms with Gasteiger partial charge in [0, 0.05) is 16.7 Å². The van der Waals surface area contributed by atoms with Crippen LogP contribution in [0.15, 0.2) is 58.4 Å². The van der Waals surface area contributed by atoms with E-state index in [0.29, 0.717) is 16.6 Å². The van der Waals surface area contributed by atoms with Crippen molar-refractivity contribution in [3.63, 3.8) is 0 Å². The molecule has 0 aliphatic heterocycles. The molecule has 3 aromatic rings. The van der Waals surface area contributed by atoms with Crippen LogP contribution in [0.3, 0.4) is 0 Å². The van der Waals surface area contributed by atoms with Crippen molar-refractivity contribution in [2.24, 2.45) is 0 Å². The molecule has 1 amide bonds. The highest BCUT2D eigenvalue weighted by atomic mass is 79.9. The van der Waals surface area contributed by atoms with Crippen molar-refractivity contribution in [3.05, 3.63) is 70.2 Å². The highest BCUT2D eigenvalue weighted by molar-refractivity contribution is 9.10. The number of nitrogens with zero attached hydrogens (tertiary/aromatic N) is 3. The van der Waals surface area contributed by atoms with Crippen LogP contribution >= 0.6 is 27.7 Å². The number of thioether (sulfide) groups is 1. The standard InChI is InChI=1S/C20H20BrFN4OS/c1-13(2)14-3-6-17(7-4-14)26-12-24-25-20(26)28-11-19(27)23-10-15-9-16(22)5-8-18(15)21/h3-9,12-13H,10-11H2,1-2H3,(H,23,27). The number of carbonyl (C=O) groups is 1. The number of hydrogen-bond donors (Lipinski definition) is 1. The van der Waals surface area contributed by atoms with E-state index in [1.807, 2.05) is 16.7 Å². The van der Waals surface area contributed by atoms with Crippen molar-refractivity contribution >= 4 is 33.6 Å². The van der Waals surface area contributed by atoms with Crippen LogP contribution in [0.4, 0.5) is 4.39 Å². The zero-order valence-electron chi connectivity index (χ0n) is 15.5. The fourth-order valence-electron chi connectivity index (χ4n) is 2.57. The lowest BCUT2D eigenvalue weighted by molar-refractivity contribution is -0.118. The average Bonchev–Trinajstić information content (AvgIpc) is 3.15. The fraction of sp³-hybridized carbons (Fsp3) is 0.250. The molecule has 1 aromatic heterocycles. The summed E-state index contributed by atoms with van der Waals surface area (Å²) in [6, 6.07) is 12.6. The number of amides is 1. The van der Waals surface area contributed by atoms with Gasteiger partial charge >= 0.3 is 0 Å². The van der Waals surface area contributed by atoms with Crippen LogP contribution in [0, 0.1) is 5.82 Å². The molecule has 0 spiro atoms. The third-order valence-electron chi connectivity index (χ3n) is 4.17. The van der Waals surface area contributed by atoms with E-state index in [4.69, 9.17) is 0 Å². The Kier molecular flexibility index (Phi) is 6.85. The number of nitrogens with one attached hydrogen (secondary N) is 1. The summed E-state index contributed by atoms with van der Waals surface area (Å²) >= 11 is 4.66. The van der Waals surface area contributed by atoms with Gasteiger partial charge in [0.1, 0.15) is 12.1 Å². The van der Waals surface area contributed by atoms with E-state index in [-0.39, 0.29) is 24.0 Å². The van der Waals surface area contributed by atoms with E-state index in [1.54, 1.807) is 12.4 Å². The van der Waals surface area contributed by atoms with E-state index in [1.165, 1.54) is 29.5 Å². The van der Waals surface area contributed by atoms with Gasteiger partial charge in [0.2, 0.25) is 5.91 Å². The minimum Gasteiger partial charge on any atom is -0.351 e. The molecule has 0 aliphatic carbocycles. The van der Waals surface area contributed by atoms with E-state index < -0.39 is 0 Å². The first-order chi connectivity index (χ1) is 13.4. The number of carbonyl (C=O) groups excluding carboxylic acids is 1. The molecule has 0 radical (unpaired) electrons. The summed E-state index contributed by atoms with van der Waals surface area (Å²) in [7, 11) is 0. The summed E-state index contributed by atoms with van der Waals surface area (Å²) in [6.45, 7) is 4.55. The summed E-state index contributed by atoms with van der Waals surface area (Å²) in [5.41, 5.74) is 2.89. The zero-order valence-corrected chi connectivity index (χ0v) is 17.9. The summed E-state index contributed by atoms with van der Waals surface area (Å²) in [5, 5.41) is 11.5. The topological polar surface area (TPSA) is 59.8 Å². The Hall–Kier alpha value is -2.19. The molecule has 1 heterocycles. The lowest BCUT2D eigenvalue weighted by Crippen LogP contribution is -2.25. The van der Waals surface area contributed by atoms with Crippen LogP contribution in [0.5, 0.6) is 0 Å². The Bertz CT molecular complexity index is 959. The van der Waals surface area contributed by atoms with Crippen LogP contribution in [0.25, 0.3) is 5.69 Å². The average molecular weight is 463 g/mol. The summed E-state index contributed by atoms with van der Waals surface area (Å²) in [6.07, 6.45) is 1.63. The molecule has 0 saturated heterocycles. The van der Waals surface area contributed by atoms with Crippen LogP contribution in [-0.2, 0) is 11.3 Å². The minimum atomic E-state index is -0.335. The number of rotatable bonds is 7. The second-order valence-corrected chi connectivity index (χ2v) is 8.33. The predicted molar refractivity (Wildman–Crippen MR) is 112 cm³/mol. The predicted octanol–water partition coefficient (Wildman–Crippen LogP) is 4.70. The summed E-state index contributed by atoms with van der Waals surface area (Å²) in [4.78, 5) is 12.2. The number of hydrogen-bond acceptors (Lipinski definition) is 4. The highest BCUT2D eigenvalue weighted by Gasteiger charge is 2.11. The summed E-state index contributed by atoms with van der Waals surface area (Å²) < 4.78 is 15.9. The smallest absolute Gasteiger partial charge is 0.230 e. The maximum absolute atomic E-state index is 13.3. The third-order valence-corrected chi connectivity index (χ3v) is 5.89. The molecule has 1 N–H and O–H groups in total. The quantitative estimate of drug-likeness (QED) is 0.516. The van der Waals surface area contributed by atoms with E-state index in [0.717, 1.165) is 10.2 Å². The molecule has 146 valence electrons.